The van der Waals surface area contributed by atoms with Gasteiger partial charge in [0.2, 0.25) is 0 Å². The van der Waals surface area contributed by atoms with Crippen molar-refractivity contribution in [2.24, 2.45) is 11.7 Å². The number of halogens is 1. The Bertz CT molecular complexity index is 502. The molecule has 0 radical (unpaired) electrons. The molecule has 110 valence electrons. The monoisotopic (exact) mass is 337 g/mol. The van der Waals surface area contributed by atoms with Gasteiger partial charge in [0.15, 0.2) is 0 Å². The Labute approximate surface area is 130 Å². The summed E-state index contributed by atoms with van der Waals surface area (Å²) in [5.41, 5.74) is 9.41. The molecule has 1 aliphatic heterocycles. The van der Waals surface area contributed by atoms with Crippen LogP contribution in [-0.2, 0) is 12.8 Å². The van der Waals surface area contributed by atoms with Crippen LogP contribution in [0.25, 0.3) is 0 Å². The van der Waals surface area contributed by atoms with Gasteiger partial charge < -0.3 is 10.5 Å². The van der Waals surface area contributed by atoms with E-state index in [-0.39, 0.29) is 5.54 Å². The summed E-state index contributed by atoms with van der Waals surface area (Å²) in [6.45, 7) is 3.09. The lowest BCUT2D eigenvalue weighted by molar-refractivity contribution is 0.181. The number of hydrogen-bond donors (Lipinski definition) is 1. The van der Waals surface area contributed by atoms with Crippen molar-refractivity contribution in [2.45, 2.75) is 57.4 Å². The van der Waals surface area contributed by atoms with Crippen molar-refractivity contribution in [1.82, 2.24) is 0 Å². The lowest BCUT2D eigenvalue weighted by atomic mass is 9.69. The highest BCUT2D eigenvalue weighted by Crippen LogP contribution is 2.40. The summed E-state index contributed by atoms with van der Waals surface area (Å²) in [7, 11) is 0. The molecule has 1 aromatic carbocycles. The maximum atomic E-state index is 6.82. The van der Waals surface area contributed by atoms with Crippen LogP contribution >= 0.6 is 15.9 Å². The largest absolute Gasteiger partial charge is 0.493 e. The molecule has 20 heavy (non-hydrogen) atoms. The fourth-order valence-corrected chi connectivity index (χ4v) is 4.56. The molecule has 0 saturated heterocycles. The Balaban J connectivity index is 1.90. The van der Waals surface area contributed by atoms with Crippen LogP contribution in [0.4, 0.5) is 0 Å². The molecular formula is C17H24BrNO. The Hall–Kier alpha value is -0.540. The highest BCUT2D eigenvalue weighted by molar-refractivity contribution is 9.10. The van der Waals surface area contributed by atoms with Crippen molar-refractivity contribution >= 4 is 15.9 Å². The van der Waals surface area contributed by atoms with Crippen LogP contribution < -0.4 is 10.5 Å². The van der Waals surface area contributed by atoms with E-state index in [9.17, 15) is 0 Å². The maximum Gasteiger partial charge on any atom is 0.125 e. The zero-order chi connectivity index (χ0) is 14.2. The minimum atomic E-state index is -0.0481. The molecule has 1 aromatic rings. The van der Waals surface area contributed by atoms with Gasteiger partial charge in [0.1, 0.15) is 5.75 Å². The van der Waals surface area contributed by atoms with Crippen molar-refractivity contribution in [1.29, 1.82) is 0 Å². The lowest BCUT2D eigenvalue weighted by Crippen LogP contribution is -2.50. The third-order valence-corrected chi connectivity index (χ3v) is 5.55. The number of rotatable bonds is 3. The minimum absolute atomic E-state index is 0.0481. The molecule has 1 heterocycles. The standard InChI is InChI=1S/C17H24BrNO/c1-2-14-5-3-4-7-17(14,19)11-13-10-15(18)9-12-6-8-20-16(12)13/h9-10,14H,2-8,11,19H2,1H3. The molecule has 0 spiro atoms. The Morgan fingerprint density at radius 2 is 2.25 bits per heavy atom. The van der Waals surface area contributed by atoms with Crippen molar-refractivity contribution in [3.8, 4) is 5.75 Å². The highest BCUT2D eigenvalue weighted by atomic mass is 79.9. The van der Waals surface area contributed by atoms with Crippen LogP contribution in [0.2, 0.25) is 0 Å². The number of hydrogen-bond acceptors (Lipinski definition) is 2. The van der Waals surface area contributed by atoms with Gasteiger partial charge in [-0.2, -0.15) is 0 Å². The molecule has 0 bridgehead atoms. The van der Waals surface area contributed by atoms with Gasteiger partial charge in [-0.15, -0.1) is 0 Å². The van der Waals surface area contributed by atoms with E-state index in [0.717, 1.165) is 36.1 Å². The molecule has 2 nitrogen and oxygen atoms in total. The molecule has 3 heteroatoms. The van der Waals surface area contributed by atoms with E-state index in [4.69, 9.17) is 10.5 Å². The van der Waals surface area contributed by atoms with Gasteiger partial charge in [0.25, 0.3) is 0 Å². The van der Waals surface area contributed by atoms with E-state index in [1.807, 2.05) is 0 Å². The minimum Gasteiger partial charge on any atom is -0.493 e. The SMILES string of the molecule is CCC1CCCCC1(N)Cc1cc(Br)cc2c1OCC2. The number of benzene rings is 1. The van der Waals surface area contributed by atoms with Gasteiger partial charge >= 0.3 is 0 Å². The lowest BCUT2D eigenvalue weighted by Gasteiger charge is -2.41. The van der Waals surface area contributed by atoms with Crippen LogP contribution in [0.5, 0.6) is 5.75 Å². The van der Waals surface area contributed by atoms with Crippen molar-refractivity contribution in [3.63, 3.8) is 0 Å². The predicted molar refractivity (Wildman–Crippen MR) is 86.2 cm³/mol. The molecule has 0 amide bonds. The topological polar surface area (TPSA) is 35.2 Å². The molecule has 2 aliphatic rings. The first kappa shape index (κ1) is 14.4. The number of ether oxygens (including phenoxy) is 1. The normalized spacial score (nSPS) is 29.1. The van der Waals surface area contributed by atoms with Gasteiger partial charge in [-0.1, -0.05) is 42.1 Å². The van der Waals surface area contributed by atoms with Crippen LogP contribution in [0.1, 0.15) is 50.2 Å². The van der Waals surface area contributed by atoms with E-state index in [1.165, 1.54) is 36.8 Å². The summed E-state index contributed by atoms with van der Waals surface area (Å²) >= 11 is 3.63. The van der Waals surface area contributed by atoms with Gasteiger partial charge in [0, 0.05) is 16.4 Å². The fourth-order valence-electron chi connectivity index (χ4n) is 4.01. The summed E-state index contributed by atoms with van der Waals surface area (Å²) in [5.74, 6) is 1.76. The van der Waals surface area contributed by atoms with Gasteiger partial charge in [-0.05, 0) is 48.4 Å². The Morgan fingerprint density at radius 3 is 3.05 bits per heavy atom. The second kappa shape index (κ2) is 5.69. The first-order valence-corrected chi connectivity index (χ1v) is 8.64. The first-order valence-electron chi connectivity index (χ1n) is 7.85. The van der Waals surface area contributed by atoms with Crippen molar-refractivity contribution in [3.05, 3.63) is 27.7 Å². The smallest absolute Gasteiger partial charge is 0.125 e. The van der Waals surface area contributed by atoms with E-state index < -0.39 is 0 Å². The summed E-state index contributed by atoms with van der Waals surface area (Å²) in [6.07, 6.45) is 8.20. The molecule has 2 atom stereocenters. The predicted octanol–water partition coefficient (Wildman–Crippen LogP) is 4.22. The average Bonchev–Trinajstić information content (AvgIpc) is 2.87. The molecule has 1 saturated carbocycles. The fraction of sp³-hybridized carbons (Fsp3) is 0.647. The molecule has 0 aromatic heterocycles. The van der Waals surface area contributed by atoms with Crippen LogP contribution in [0.15, 0.2) is 16.6 Å². The zero-order valence-corrected chi connectivity index (χ0v) is 13.8. The van der Waals surface area contributed by atoms with Crippen molar-refractivity contribution < 1.29 is 4.74 Å². The summed E-state index contributed by atoms with van der Waals surface area (Å²) in [5, 5.41) is 0. The molecule has 1 fully saturated rings. The Morgan fingerprint density at radius 1 is 1.40 bits per heavy atom. The Kier molecular flexibility index (Phi) is 4.09. The van der Waals surface area contributed by atoms with Crippen LogP contribution in [0.3, 0.4) is 0 Å². The van der Waals surface area contributed by atoms with E-state index in [1.54, 1.807) is 0 Å². The third kappa shape index (κ3) is 2.62. The third-order valence-electron chi connectivity index (χ3n) is 5.10. The number of nitrogens with two attached hydrogens (primary N) is 1. The van der Waals surface area contributed by atoms with Gasteiger partial charge in [-0.25, -0.2) is 0 Å². The van der Waals surface area contributed by atoms with Crippen LogP contribution in [-0.4, -0.2) is 12.1 Å². The first-order chi connectivity index (χ1) is 9.62. The van der Waals surface area contributed by atoms with E-state index in [0.29, 0.717) is 5.92 Å². The maximum absolute atomic E-state index is 6.82. The molecule has 1 aliphatic carbocycles. The average molecular weight is 338 g/mol. The summed E-state index contributed by atoms with van der Waals surface area (Å²) in [6, 6.07) is 4.40. The van der Waals surface area contributed by atoms with Gasteiger partial charge in [-0.3, -0.25) is 0 Å². The summed E-state index contributed by atoms with van der Waals surface area (Å²) in [4.78, 5) is 0. The highest BCUT2D eigenvalue weighted by Gasteiger charge is 2.37. The summed E-state index contributed by atoms with van der Waals surface area (Å²) < 4.78 is 7.02. The van der Waals surface area contributed by atoms with E-state index in [2.05, 4.69) is 35.0 Å². The quantitative estimate of drug-likeness (QED) is 0.895. The number of fused-ring (bicyclic) bond motifs is 1. The second-order valence-electron chi connectivity index (χ2n) is 6.41. The molecule has 2 N–H and O–H groups in total. The van der Waals surface area contributed by atoms with Crippen molar-refractivity contribution in [2.75, 3.05) is 6.61 Å². The molecular weight excluding hydrogens is 314 g/mol. The van der Waals surface area contributed by atoms with E-state index >= 15 is 0 Å². The van der Waals surface area contributed by atoms with Gasteiger partial charge in [0.05, 0.1) is 6.61 Å². The zero-order valence-electron chi connectivity index (χ0n) is 12.3. The molecule has 3 rings (SSSR count). The molecule has 2 unspecified atom stereocenters. The van der Waals surface area contributed by atoms with Crippen LogP contribution in [0, 0.1) is 5.92 Å². The second-order valence-corrected chi connectivity index (χ2v) is 7.33.